The summed E-state index contributed by atoms with van der Waals surface area (Å²) in [5.74, 6) is 0.417. The molecule has 0 radical (unpaired) electrons. The number of hydrogen-bond donors (Lipinski definition) is 2. The van der Waals surface area contributed by atoms with E-state index in [1.807, 2.05) is 13.0 Å². The summed E-state index contributed by atoms with van der Waals surface area (Å²) in [6.07, 6.45) is -0.953. The lowest BCUT2D eigenvalue weighted by Crippen LogP contribution is -2.49. The number of amides is 1. The molecule has 6 heteroatoms. The number of aliphatic hydroxyl groups excluding tert-OH is 2. The molecule has 2 atom stereocenters. The lowest BCUT2D eigenvalue weighted by molar-refractivity contribution is -0.126. The van der Waals surface area contributed by atoms with Crippen LogP contribution in [-0.4, -0.2) is 41.5 Å². The highest BCUT2D eigenvalue weighted by atomic mass is 79.9. The largest absolute Gasteiger partial charge is 0.478 e. The van der Waals surface area contributed by atoms with Crippen LogP contribution in [0.4, 0.5) is 5.69 Å². The van der Waals surface area contributed by atoms with Gasteiger partial charge < -0.3 is 19.8 Å². The average molecular weight is 330 g/mol. The SMILES string of the molecule is CCC1Oc2ccc(Br)cc2N(CC(O)CO)C1=O. The molecule has 19 heavy (non-hydrogen) atoms. The molecule has 0 aliphatic carbocycles. The van der Waals surface area contributed by atoms with Gasteiger partial charge in [-0.1, -0.05) is 22.9 Å². The average Bonchev–Trinajstić information content (AvgIpc) is 2.41. The van der Waals surface area contributed by atoms with E-state index < -0.39 is 12.2 Å². The number of ether oxygens (including phenoxy) is 1. The molecular weight excluding hydrogens is 314 g/mol. The first kappa shape index (κ1) is 14.3. The third-order valence-corrected chi connectivity index (χ3v) is 3.49. The van der Waals surface area contributed by atoms with Crippen molar-refractivity contribution in [2.75, 3.05) is 18.1 Å². The number of carbonyl (C=O) groups excluding carboxylic acids is 1. The summed E-state index contributed by atoms with van der Waals surface area (Å²) < 4.78 is 6.46. The minimum atomic E-state index is -0.966. The number of β-amino-alcohol motifs (C(OH)–C–C–N with tert-alkyl or cyclic N) is 1. The zero-order chi connectivity index (χ0) is 14.0. The molecule has 1 aliphatic rings. The van der Waals surface area contributed by atoms with E-state index in [0.717, 1.165) is 4.47 Å². The summed E-state index contributed by atoms with van der Waals surface area (Å²) in [6.45, 7) is 1.54. The third-order valence-electron chi connectivity index (χ3n) is 3.00. The van der Waals surface area contributed by atoms with Crippen LogP contribution in [0.5, 0.6) is 5.75 Å². The highest BCUT2D eigenvalue weighted by molar-refractivity contribution is 9.10. The van der Waals surface area contributed by atoms with Crippen molar-refractivity contribution in [2.24, 2.45) is 0 Å². The van der Waals surface area contributed by atoms with Gasteiger partial charge in [-0.05, 0) is 24.6 Å². The van der Waals surface area contributed by atoms with Crippen LogP contribution in [0.2, 0.25) is 0 Å². The van der Waals surface area contributed by atoms with Crippen molar-refractivity contribution in [3.8, 4) is 5.75 Å². The smallest absolute Gasteiger partial charge is 0.268 e. The molecule has 0 bridgehead atoms. The molecule has 1 aromatic rings. The predicted octanol–water partition coefficient (Wildman–Crippen LogP) is 1.31. The number of nitrogens with zero attached hydrogens (tertiary/aromatic N) is 1. The molecule has 1 amide bonds. The maximum absolute atomic E-state index is 12.3. The predicted molar refractivity (Wildman–Crippen MR) is 74.3 cm³/mol. The quantitative estimate of drug-likeness (QED) is 0.873. The fourth-order valence-corrected chi connectivity index (χ4v) is 2.36. The fourth-order valence-electron chi connectivity index (χ4n) is 2.01. The van der Waals surface area contributed by atoms with Gasteiger partial charge in [0.2, 0.25) is 0 Å². The first-order chi connectivity index (χ1) is 9.06. The lowest BCUT2D eigenvalue weighted by Gasteiger charge is -2.35. The van der Waals surface area contributed by atoms with E-state index >= 15 is 0 Å². The first-order valence-electron chi connectivity index (χ1n) is 6.13. The molecule has 0 saturated heterocycles. The minimum Gasteiger partial charge on any atom is -0.478 e. The summed E-state index contributed by atoms with van der Waals surface area (Å²) in [5.41, 5.74) is 0.608. The van der Waals surface area contributed by atoms with Gasteiger partial charge in [-0.3, -0.25) is 4.79 Å². The molecule has 0 aromatic heterocycles. The van der Waals surface area contributed by atoms with Crippen LogP contribution in [0.15, 0.2) is 22.7 Å². The van der Waals surface area contributed by atoms with Gasteiger partial charge in [0.15, 0.2) is 6.10 Å². The Morgan fingerprint density at radius 2 is 2.26 bits per heavy atom. The normalized spacial score (nSPS) is 19.9. The second-order valence-corrected chi connectivity index (χ2v) is 5.33. The summed E-state index contributed by atoms with van der Waals surface area (Å²) in [7, 11) is 0. The summed E-state index contributed by atoms with van der Waals surface area (Å²) in [6, 6.07) is 5.39. The molecular formula is C13H16BrNO4. The van der Waals surface area contributed by atoms with Crippen LogP contribution in [-0.2, 0) is 4.79 Å². The van der Waals surface area contributed by atoms with Crippen LogP contribution < -0.4 is 9.64 Å². The summed E-state index contributed by atoms with van der Waals surface area (Å²) >= 11 is 3.35. The first-order valence-corrected chi connectivity index (χ1v) is 6.92. The number of benzene rings is 1. The van der Waals surface area contributed by atoms with Crippen LogP contribution in [0.3, 0.4) is 0 Å². The minimum absolute atomic E-state index is 0.0542. The van der Waals surface area contributed by atoms with Crippen molar-refractivity contribution in [3.05, 3.63) is 22.7 Å². The Bertz CT molecular complexity index is 480. The van der Waals surface area contributed by atoms with Crippen molar-refractivity contribution < 1.29 is 19.7 Å². The van der Waals surface area contributed by atoms with Crippen molar-refractivity contribution in [3.63, 3.8) is 0 Å². The third kappa shape index (κ3) is 2.91. The molecule has 1 aromatic carbocycles. The second kappa shape index (κ2) is 5.90. The Labute approximate surface area is 119 Å². The molecule has 104 valence electrons. The van der Waals surface area contributed by atoms with E-state index in [9.17, 15) is 9.90 Å². The number of halogens is 1. The Balaban J connectivity index is 2.38. The van der Waals surface area contributed by atoms with Gasteiger partial charge in [0.05, 0.1) is 24.9 Å². The van der Waals surface area contributed by atoms with E-state index in [4.69, 9.17) is 9.84 Å². The van der Waals surface area contributed by atoms with Crippen LogP contribution in [0.1, 0.15) is 13.3 Å². The Hall–Kier alpha value is -1.11. The number of anilines is 1. The Morgan fingerprint density at radius 1 is 1.53 bits per heavy atom. The van der Waals surface area contributed by atoms with E-state index in [2.05, 4.69) is 15.9 Å². The molecule has 2 rings (SSSR count). The Kier molecular flexibility index (Phi) is 4.44. The summed E-state index contributed by atoms with van der Waals surface area (Å²) in [4.78, 5) is 13.7. The molecule has 0 saturated carbocycles. The van der Waals surface area contributed by atoms with Gasteiger partial charge in [0.1, 0.15) is 5.75 Å². The van der Waals surface area contributed by atoms with Crippen molar-refractivity contribution >= 4 is 27.5 Å². The van der Waals surface area contributed by atoms with E-state index in [1.165, 1.54) is 4.90 Å². The van der Waals surface area contributed by atoms with Gasteiger partial charge in [-0.2, -0.15) is 0 Å². The van der Waals surface area contributed by atoms with E-state index in [-0.39, 0.29) is 19.1 Å². The van der Waals surface area contributed by atoms with Crippen LogP contribution in [0, 0.1) is 0 Å². The topological polar surface area (TPSA) is 70.0 Å². The number of aliphatic hydroxyl groups is 2. The maximum atomic E-state index is 12.3. The zero-order valence-corrected chi connectivity index (χ0v) is 12.1. The van der Waals surface area contributed by atoms with Gasteiger partial charge >= 0.3 is 0 Å². The molecule has 0 spiro atoms. The van der Waals surface area contributed by atoms with E-state index in [1.54, 1.807) is 12.1 Å². The maximum Gasteiger partial charge on any atom is 0.268 e. The molecule has 1 aliphatic heterocycles. The van der Waals surface area contributed by atoms with Gasteiger partial charge in [0, 0.05) is 4.47 Å². The highest BCUT2D eigenvalue weighted by Gasteiger charge is 2.34. The lowest BCUT2D eigenvalue weighted by atomic mass is 10.1. The number of carbonyl (C=O) groups is 1. The molecule has 0 fully saturated rings. The number of rotatable bonds is 4. The standard InChI is InChI=1S/C13H16BrNO4/c1-2-11-13(18)15(6-9(17)7-16)10-5-8(14)3-4-12(10)19-11/h3-5,9,11,16-17H,2,6-7H2,1H3. The van der Waals surface area contributed by atoms with Crippen LogP contribution in [0.25, 0.3) is 0 Å². The molecule has 5 nitrogen and oxygen atoms in total. The second-order valence-electron chi connectivity index (χ2n) is 4.41. The fraction of sp³-hybridized carbons (Fsp3) is 0.462. The summed E-state index contributed by atoms with van der Waals surface area (Å²) in [5, 5.41) is 18.5. The van der Waals surface area contributed by atoms with Crippen molar-refractivity contribution in [1.29, 1.82) is 0 Å². The number of fused-ring (bicyclic) bond motifs is 1. The molecule has 2 unspecified atom stereocenters. The van der Waals surface area contributed by atoms with Gasteiger partial charge in [-0.25, -0.2) is 0 Å². The van der Waals surface area contributed by atoms with E-state index in [0.29, 0.717) is 17.9 Å². The molecule has 2 N–H and O–H groups in total. The number of hydrogen-bond acceptors (Lipinski definition) is 4. The van der Waals surface area contributed by atoms with Crippen molar-refractivity contribution in [2.45, 2.75) is 25.6 Å². The monoisotopic (exact) mass is 329 g/mol. The van der Waals surface area contributed by atoms with Crippen LogP contribution >= 0.6 is 15.9 Å². The molecule has 1 heterocycles. The zero-order valence-electron chi connectivity index (χ0n) is 10.5. The highest BCUT2D eigenvalue weighted by Crippen LogP contribution is 2.36. The Morgan fingerprint density at radius 3 is 2.89 bits per heavy atom. The van der Waals surface area contributed by atoms with Gasteiger partial charge in [0.25, 0.3) is 5.91 Å². The van der Waals surface area contributed by atoms with Gasteiger partial charge in [-0.15, -0.1) is 0 Å². The van der Waals surface area contributed by atoms with Crippen molar-refractivity contribution in [1.82, 2.24) is 0 Å².